The number of methoxy groups -OCH3 is 1. The highest BCUT2D eigenvalue weighted by molar-refractivity contribution is 7.92. The van der Waals surface area contributed by atoms with Crippen molar-refractivity contribution in [2.75, 3.05) is 17.1 Å². The molecule has 1 aromatic heterocycles. The molecule has 0 aliphatic carbocycles. The molecule has 0 aliphatic heterocycles. The number of sulfonamides is 1. The lowest BCUT2D eigenvalue weighted by Crippen LogP contribution is -2.16. The van der Waals surface area contributed by atoms with E-state index in [0.717, 1.165) is 0 Å². The zero-order valence-electron chi connectivity index (χ0n) is 15.3. The van der Waals surface area contributed by atoms with Gasteiger partial charge >= 0.3 is 5.00 Å². The molecular formula is C18H14ClN3O6S2. The van der Waals surface area contributed by atoms with E-state index in [0.29, 0.717) is 11.3 Å². The van der Waals surface area contributed by atoms with Gasteiger partial charge in [0.25, 0.3) is 15.9 Å². The molecule has 0 unspecified atom stereocenters. The van der Waals surface area contributed by atoms with E-state index in [9.17, 15) is 23.3 Å². The molecule has 12 heteroatoms. The molecule has 0 fully saturated rings. The number of nitrogens with one attached hydrogen (secondary N) is 2. The molecule has 9 nitrogen and oxygen atoms in total. The smallest absolute Gasteiger partial charge is 0.324 e. The molecule has 3 rings (SSSR count). The van der Waals surface area contributed by atoms with Gasteiger partial charge in [0.2, 0.25) is 0 Å². The maximum Gasteiger partial charge on any atom is 0.324 e. The average molecular weight is 468 g/mol. The van der Waals surface area contributed by atoms with Crippen molar-refractivity contribution in [3.63, 3.8) is 0 Å². The predicted molar refractivity (Wildman–Crippen MR) is 114 cm³/mol. The van der Waals surface area contributed by atoms with Crippen molar-refractivity contribution >= 4 is 55.2 Å². The Kier molecular flexibility index (Phi) is 6.25. The lowest BCUT2D eigenvalue weighted by atomic mass is 10.3. The topological polar surface area (TPSA) is 128 Å². The maximum atomic E-state index is 12.9. The van der Waals surface area contributed by atoms with Crippen molar-refractivity contribution < 1.29 is 22.9 Å². The van der Waals surface area contributed by atoms with E-state index in [1.807, 2.05) is 0 Å². The van der Waals surface area contributed by atoms with Crippen LogP contribution in [0, 0.1) is 10.1 Å². The van der Waals surface area contributed by atoms with Gasteiger partial charge in [-0.25, -0.2) is 8.42 Å². The second-order valence-electron chi connectivity index (χ2n) is 5.80. The van der Waals surface area contributed by atoms with E-state index >= 15 is 0 Å². The number of rotatable bonds is 7. The average Bonchev–Trinajstić information content (AvgIpc) is 3.20. The van der Waals surface area contributed by atoms with Crippen LogP contribution in [0.4, 0.5) is 16.4 Å². The third kappa shape index (κ3) is 4.70. The van der Waals surface area contributed by atoms with Gasteiger partial charge in [-0.2, -0.15) is 0 Å². The fourth-order valence-corrected chi connectivity index (χ4v) is 4.68. The molecule has 30 heavy (non-hydrogen) atoms. The number of carbonyl (C=O) groups is 1. The Bertz CT molecular complexity index is 1230. The first-order valence-corrected chi connectivity index (χ1v) is 10.9. The van der Waals surface area contributed by atoms with Crippen LogP contribution in [0.25, 0.3) is 0 Å². The third-order valence-corrected chi connectivity index (χ3v) is 6.58. The Balaban J connectivity index is 1.90. The van der Waals surface area contributed by atoms with Gasteiger partial charge in [-0.3, -0.25) is 19.6 Å². The number of halogens is 1. The molecule has 0 saturated carbocycles. The minimum absolute atomic E-state index is 0.0549. The van der Waals surface area contributed by atoms with Gasteiger partial charge in [-0.1, -0.05) is 35.1 Å². The standard InChI is InChI=1S/C18H14ClN3O6S2/c1-28-14-7-6-11(20-18(23)15-8-9-17(29-15)22(24)25)10-16(14)30(26,27)21-13-5-3-2-4-12(13)19/h2-10,21H,1H3,(H,20,23). The SMILES string of the molecule is COc1ccc(NC(=O)c2ccc([N+](=O)[O-])s2)cc1S(=O)(=O)Nc1ccccc1Cl. The Morgan fingerprint density at radius 2 is 1.90 bits per heavy atom. The Labute approximate surface area is 180 Å². The van der Waals surface area contributed by atoms with E-state index in [1.54, 1.807) is 12.1 Å². The van der Waals surface area contributed by atoms with Crippen LogP contribution < -0.4 is 14.8 Å². The number of ether oxygens (including phenoxy) is 1. The lowest BCUT2D eigenvalue weighted by molar-refractivity contribution is -0.380. The predicted octanol–water partition coefficient (Wildman–Crippen LogP) is 4.37. The molecule has 2 aromatic carbocycles. The molecule has 1 amide bonds. The number of thiophene rings is 1. The summed E-state index contributed by atoms with van der Waals surface area (Å²) >= 11 is 6.73. The number of anilines is 2. The van der Waals surface area contributed by atoms with Crippen LogP contribution in [0.3, 0.4) is 0 Å². The summed E-state index contributed by atoms with van der Waals surface area (Å²) in [5.74, 6) is -0.556. The van der Waals surface area contributed by atoms with Crippen LogP contribution in [-0.2, 0) is 10.0 Å². The second-order valence-corrected chi connectivity index (χ2v) is 8.92. The first-order valence-electron chi connectivity index (χ1n) is 8.22. The van der Waals surface area contributed by atoms with Crippen LogP contribution >= 0.6 is 22.9 Å². The quantitative estimate of drug-likeness (QED) is 0.392. The zero-order valence-corrected chi connectivity index (χ0v) is 17.7. The molecule has 0 radical (unpaired) electrons. The minimum atomic E-state index is -4.11. The molecule has 3 aromatic rings. The van der Waals surface area contributed by atoms with Gasteiger partial charge < -0.3 is 10.1 Å². The largest absolute Gasteiger partial charge is 0.495 e. The summed E-state index contributed by atoms with van der Waals surface area (Å²) in [6, 6.07) is 12.9. The maximum absolute atomic E-state index is 12.9. The van der Waals surface area contributed by atoms with Crippen molar-refractivity contribution in [1.29, 1.82) is 0 Å². The summed E-state index contributed by atoms with van der Waals surface area (Å²) in [6.07, 6.45) is 0. The van der Waals surface area contributed by atoms with Crippen LogP contribution in [0.15, 0.2) is 59.5 Å². The van der Waals surface area contributed by atoms with Crippen LogP contribution in [0.2, 0.25) is 5.02 Å². The van der Waals surface area contributed by atoms with Gasteiger partial charge in [0.1, 0.15) is 10.6 Å². The first-order chi connectivity index (χ1) is 14.2. The van der Waals surface area contributed by atoms with Gasteiger partial charge in [-0.15, -0.1) is 0 Å². The number of nitro groups is 1. The second kappa shape index (κ2) is 8.69. The monoisotopic (exact) mass is 467 g/mol. The summed E-state index contributed by atoms with van der Waals surface area (Å²) in [5, 5.41) is 13.3. The van der Waals surface area contributed by atoms with Crippen LogP contribution in [0.5, 0.6) is 5.75 Å². The first kappa shape index (κ1) is 21.6. The minimum Gasteiger partial charge on any atom is -0.495 e. The molecule has 2 N–H and O–H groups in total. The number of para-hydroxylation sites is 1. The molecule has 0 saturated heterocycles. The van der Waals surface area contributed by atoms with E-state index < -0.39 is 20.9 Å². The summed E-state index contributed by atoms with van der Waals surface area (Å²) in [6.45, 7) is 0. The number of hydrogen-bond acceptors (Lipinski definition) is 7. The van der Waals surface area contributed by atoms with Gasteiger partial charge in [0.15, 0.2) is 0 Å². The zero-order chi connectivity index (χ0) is 21.9. The lowest BCUT2D eigenvalue weighted by Gasteiger charge is -2.14. The normalized spacial score (nSPS) is 11.0. The summed E-state index contributed by atoms with van der Waals surface area (Å²) in [5.41, 5.74) is 0.345. The Morgan fingerprint density at radius 3 is 2.53 bits per heavy atom. The summed E-state index contributed by atoms with van der Waals surface area (Å²) < 4.78 is 33.3. The Hall–Kier alpha value is -3.15. The fourth-order valence-electron chi connectivity index (χ4n) is 2.45. The molecule has 0 spiro atoms. The highest BCUT2D eigenvalue weighted by Gasteiger charge is 2.22. The Morgan fingerprint density at radius 1 is 1.17 bits per heavy atom. The molecular weight excluding hydrogens is 454 g/mol. The van der Waals surface area contributed by atoms with E-state index in [1.165, 1.54) is 49.6 Å². The summed E-state index contributed by atoms with van der Waals surface area (Å²) in [4.78, 5) is 22.4. The third-order valence-electron chi connectivity index (χ3n) is 3.82. The van der Waals surface area contributed by atoms with E-state index in [2.05, 4.69) is 10.0 Å². The van der Waals surface area contributed by atoms with Gasteiger partial charge in [-0.05, 0) is 36.4 Å². The highest BCUT2D eigenvalue weighted by Crippen LogP contribution is 2.31. The number of nitrogens with zero attached hydrogens (tertiary/aromatic N) is 1. The van der Waals surface area contributed by atoms with E-state index in [4.69, 9.17) is 16.3 Å². The van der Waals surface area contributed by atoms with Crippen molar-refractivity contribution in [3.8, 4) is 5.75 Å². The molecule has 156 valence electrons. The number of amides is 1. The molecule has 0 atom stereocenters. The number of hydrogen-bond donors (Lipinski definition) is 2. The van der Waals surface area contributed by atoms with Crippen molar-refractivity contribution in [1.82, 2.24) is 0 Å². The van der Waals surface area contributed by atoms with Gasteiger partial charge in [0, 0.05) is 11.8 Å². The molecule has 0 aliphatic rings. The summed E-state index contributed by atoms with van der Waals surface area (Å²) in [7, 11) is -2.79. The van der Waals surface area contributed by atoms with Crippen LogP contribution in [-0.4, -0.2) is 26.4 Å². The fraction of sp³-hybridized carbons (Fsp3) is 0.0556. The van der Waals surface area contributed by atoms with Crippen molar-refractivity contribution in [2.45, 2.75) is 4.90 Å². The number of carbonyl (C=O) groups excluding carboxylic acids is 1. The van der Waals surface area contributed by atoms with E-state index in [-0.39, 0.29) is 36.9 Å². The van der Waals surface area contributed by atoms with Crippen LogP contribution in [0.1, 0.15) is 9.67 Å². The highest BCUT2D eigenvalue weighted by atomic mass is 35.5. The van der Waals surface area contributed by atoms with Crippen molar-refractivity contribution in [3.05, 3.63) is 74.6 Å². The van der Waals surface area contributed by atoms with Gasteiger partial charge in [0.05, 0.1) is 27.6 Å². The molecule has 0 bridgehead atoms. The number of benzene rings is 2. The van der Waals surface area contributed by atoms with Crippen molar-refractivity contribution in [2.24, 2.45) is 0 Å². The molecule has 1 heterocycles.